The van der Waals surface area contributed by atoms with E-state index < -0.39 is 11.9 Å². The molecular formula is C28H33BrO4. The second kappa shape index (κ2) is 6.44. The standard InChI is InChI=1S/C28H33BrO4/c29-28-12-18-4-19(13-28)11-27(10-18,15-28)26-8-16-3-17(9-26)7-25(6-16,14-26)20-1-2-21(23(30)31)22(5-20)24(32)33/h1-2,5,16-19H,3-4,6-15H2,(H,30,31)(H,32,33). The lowest BCUT2D eigenvalue weighted by molar-refractivity contribution is -0.200. The molecule has 8 aliphatic rings. The zero-order chi connectivity index (χ0) is 22.8. The molecule has 8 bridgehead atoms. The molecule has 2 N–H and O–H groups in total. The molecule has 176 valence electrons. The van der Waals surface area contributed by atoms with E-state index in [-0.39, 0.29) is 16.5 Å². The molecule has 8 aliphatic carbocycles. The van der Waals surface area contributed by atoms with Crippen LogP contribution in [0.25, 0.3) is 0 Å². The lowest BCUT2D eigenvalue weighted by Crippen LogP contribution is -2.65. The van der Waals surface area contributed by atoms with Crippen LogP contribution in [0.1, 0.15) is 103 Å². The average molecular weight is 513 g/mol. The lowest BCUT2D eigenvalue weighted by atomic mass is 9.32. The number of benzene rings is 1. The first-order valence-electron chi connectivity index (χ1n) is 12.9. The molecule has 0 radical (unpaired) electrons. The van der Waals surface area contributed by atoms with Crippen molar-refractivity contribution in [1.82, 2.24) is 0 Å². The van der Waals surface area contributed by atoms with Crippen molar-refractivity contribution in [2.24, 2.45) is 34.5 Å². The lowest BCUT2D eigenvalue weighted by Gasteiger charge is -2.73. The summed E-state index contributed by atoms with van der Waals surface area (Å²) in [5.74, 6) is 0.940. The fourth-order valence-electron chi connectivity index (χ4n) is 11.2. The third kappa shape index (κ3) is 2.81. The van der Waals surface area contributed by atoms with Gasteiger partial charge in [0.25, 0.3) is 0 Å². The first-order valence-corrected chi connectivity index (χ1v) is 13.7. The first kappa shape index (κ1) is 21.0. The van der Waals surface area contributed by atoms with Crippen molar-refractivity contribution in [1.29, 1.82) is 0 Å². The summed E-state index contributed by atoms with van der Waals surface area (Å²) in [4.78, 5) is 23.6. The molecule has 8 saturated carbocycles. The van der Waals surface area contributed by atoms with Gasteiger partial charge in [-0.05, 0) is 135 Å². The summed E-state index contributed by atoms with van der Waals surface area (Å²) in [6, 6.07) is 5.26. The van der Waals surface area contributed by atoms with E-state index in [4.69, 9.17) is 0 Å². The van der Waals surface area contributed by atoms with E-state index in [9.17, 15) is 19.8 Å². The average Bonchev–Trinajstić information content (AvgIpc) is 2.70. The van der Waals surface area contributed by atoms with Crippen molar-refractivity contribution in [3.8, 4) is 0 Å². The van der Waals surface area contributed by atoms with Crippen LogP contribution >= 0.6 is 15.9 Å². The van der Waals surface area contributed by atoms with Gasteiger partial charge in [0.2, 0.25) is 0 Å². The zero-order valence-corrected chi connectivity index (χ0v) is 20.7. The van der Waals surface area contributed by atoms with E-state index in [0.717, 1.165) is 42.1 Å². The fourth-order valence-corrected chi connectivity index (χ4v) is 12.7. The van der Waals surface area contributed by atoms with Gasteiger partial charge in [0.05, 0.1) is 11.1 Å². The van der Waals surface area contributed by atoms with Crippen molar-refractivity contribution >= 4 is 27.9 Å². The van der Waals surface area contributed by atoms with Gasteiger partial charge in [0.15, 0.2) is 0 Å². The number of carbonyl (C=O) groups is 2. The van der Waals surface area contributed by atoms with Crippen LogP contribution in [0.3, 0.4) is 0 Å². The molecule has 5 heteroatoms. The highest BCUT2D eigenvalue weighted by Gasteiger charge is 2.69. The zero-order valence-electron chi connectivity index (χ0n) is 19.1. The minimum Gasteiger partial charge on any atom is -0.478 e. The van der Waals surface area contributed by atoms with Gasteiger partial charge < -0.3 is 10.2 Å². The van der Waals surface area contributed by atoms with Gasteiger partial charge in [-0.15, -0.1) is 0 Å². The summed E-state index contributed by atoms with van der Waals surface area (Å²) in [6.07, 6.45) is 15.9. The molecule has 33 heavy (non-hydrogen) atoms. The second-order valence-electron chi connectivity index (χ2n) is 13.3. The first-order chi connectivity index (χ1) is 15.6. The normalized spacial score (nSPS) is 48.9. The molecule has 0 amide bonds. The number of aromatic carboxylic acids is 2. The van der Waals surface area contributed by atoms with E-state index in [2.05, 4.69) is 15.9 Å². The van der Waals surface area contributed by atoms with E-state index in [1.54, 1.807) is 12.1 Å². The number of hydrogen-bond donors (Lipinski definition) is 2. The van der Waals surface area contributed by atoms with Crippen molar-refractivity contribution in [3.63, 3.8) is 0 Å². The Labute approximate surface area is 203 Å². The molecule has 1 aromatic rings. The van der Waals surface area contributed by atoms with Crippen LogP contribution < -0.4 is 0 Å². The topological polar surface area (TPSA) is 74.6 Å². The fraction of sp³-hybridized carbons (Fsp3) is 0.714. The Hall–Kier alpha value is -1.36. The largest absolute Gasteiger partial charge is 0.478 e. The monoisotopic (exact) mass is 512 g/mol. The van der Waals surface area contributed by atoms with Gasteiger partial charge in [-0.25, -0.2) is 9.59 Å². The van der Waals surface area contributed by atoms with Crippen LogP contribution in [0, 0.1) is 34.5 Å². The van der Waals surface area contributed by atoms with Gasteiger partial charge in [-0.3, -0.25) is 0 Å². The van der Waals surface area contributed by atoms with E-state index in [0.29, 0.717) is 15.2 Å². The maximum Gasteiger partial charge on any atom is 0.336 e. The molecule has 0 aromatic heterocycles. The summed E-state index contributed by atoms with van der Waals surface area (Å²) >= 11 is 4.26. The minimum atomic E-state index is -1.16. The smallest absolute Gasteiger partial charge is 0.336 e. The van der Waals surface area contributed by atoms with Crippen molar-refractivity contribution in [2.75, 3.05) is 0 Å². The summed E-state index contributed by atoms with van der Waals surface area (Å²) in [5, 5.41) is 19.3. The highest BCUT2D eigenvalue weighted by molar-refractivity contribution is 9.10. The Kier molecular flexibility index (Phi) is 4.09. The number of carboxylic acid groups (broad SMARTS) is 2. The van der Waals surface area contributed by atoms with Crippen LogP contribution in [0.5, 0.6) is 0 Å². The summed E-state index contributed by atoms with van der Waals surface area (Å²) in [7, 11) is 0. The molecule has 0 spiro atoms. The maximum absolute atomic E-state index is 12.0. The number of alkyl halides is 1. The van der Waals surface area contributed by atoms with Crippen LogP contribution in [-0.2, 0) is 5.41 Å². The predicted octanol–water partition coefficient (Wildman–Crippen LogP) is 6.65. The SMILES string of the molecule is O=C(O)c1ccc(C23CC4CC(C2)CC(C25CC6CC(CC(Br)(C6)C2)C5)(C4)C3)cc1C(=O)O. The van der Waals surface area contributed by atoms with Gasteiger partial charge >= 0.3 is 11.9 Å². The summed E-state index contributed by atoms with van der Waals surface area (Å²) < 4.78 is 0.354. The number of rotatable bonds is 4. The number of halogens is 1. The van der Waals surface area contributed by atoms with Gasteiger partial charge in [-0.1, -0.05) is 22.0 Å². The summed E-state index contributed by atoms with van der Waals surface area (Å²) in [6.45, 7) is 0. The Morgan fingerprint density at radius 1 is 0.727 bits per heavy atom. The van der Waals surface area contributed by atoms with Crippen LogP contribution in [-0.4, -0.2) is 26.5 Å². The quantitative estimate of drug-likeness (QED) is 0.442. The molecule has 0 aliphatic heterocycles. The van der Waals surface area contributed by atoms with Gasteiger partial charge in [-0.2, -0.15) is 0 Å². The van der Waals surface area contributed by atoms with Crippen molar-refractivity contribution in [3.05, 3.63) is 34.9 Å². The van der Waals surface area contributed by atoms with E-state index >= 15 is 0 Å². The molecule has 0 saturated heterocycles. The van der Waals surface area contributed by atoms with E-state index in [1.165, 1.54) is 64.2 Å². The van der Waals surface area contributed by atoms with Gasteiger partial charge in [0.1, 0.15) is 0 Å². The third-order valence-corrected chi connectivity index (χ3v) is 12.2. The molecule has 4 atom stereocenters. The molecular weight excluding hydrogens is 480 g/mol. The Morgan fingerprint density at radius 2 is 1.24 bits per heavy atom. The Bertz CT molecular complexity index is 1050. The van der Waals surface area contributed by atoms with Crippen molar-refractivity contribution in [2.45, 2.75) is 86.8 Å². The highest BCUT2D eigenvalue weighted by atomic mass is 79.9. The van der Waals surface area contributed by atoms with Gasteiger partial charge in [0, 0.05) is 4.32 Å². The minimum absolute atomic E-state index is 0.0219. The molecule has 0 heterocycles. The third-order valence-electron chi connectivity index (χ3n) is 11.3. The number of hydrogen-bond acceptors (Lipinski definition) is 2. The summed E-state index contributed by atoms with van der Waals surface area (Å²) in [5.41, 5.74) is 1.81. The molecule has 4 unspecified atom stereocenters. The highest BCUT2D eigenvalue weighted by Crippen LogP contribution is 2.78. The molecule has 1 aromatic carbocycles. The Morgan fingerprint density at radius 3 is 1.76 bits per heavy atom. The van der Waals surface area contributed by atoms with Crippen LogP contribution in [0.15, 0.2) is 18.2 Å². The van der Waals surface area contributed by atoms with E-state index in [1.807, 2.05) is 6.07 Å². The van der Waals surface area contributed by atoms with Crippen LogP contribution in [0.2, 0.25) is 0 Å². The van der Waals surface area contributed by atoms with Crippen molar-refractivity contribution < 1.29 is 19.8 Å². The maximum atomic E-state index is 12.0. The van der Waals surface area contributed by atoms with Crippen LogP contribution in [0.4, 0.5) is 0 Å². The molecule has 9 rings (SSSR count). The Balaban J connectivity index is 1.33. The molecule has 8 fully saturated rings. The predicted molar refractivity (Wildman–Crippen MR) is 128 cm³/mol. The molecule has 4 nitrogen and oxygen atoms in total. The number of carboxylic acids is 2. The second-order valence-corrected chi connectivity index (χ2v) is 15.0.